The molecule has 30 heteroatoms. The number of guanidine groups is 1. The molecule has 0 spiro atoms. The molecule has 1 aromatic carbocycles. The summed E-state index contributed by atoms with van der Waals surface area (Å²) in [6.07, 6.45) is 9.52. The number of nitrogens with two attached hydrogens (primary N) is 3. The monoisotopic (exact) mass is 1250 g/mol. The summed E-state index contributed by atoms with van der Waals surface area (Å²) in [7, 11) is 1.48. The van der Waals surface area contributed by atoms with Gasteiger partial charge in [0.15, 0.2) is 5.96 Å². The Labute approximate surface area is 516 Å². The van der Waals surface area contributed by atoms with Crippen LogP contribution in [0, 0.1) is 5.92 Å². The first-order valence-electron chi connectivity index (χ1n) is 29.5. The molecular formula is C59H89N15O15. The SMILES string of the molecule is C=C1/C=C\C=C/CNC=C1C[C@H](NC(=O)[C@H](CCCNC(N)=NC)NC(=O)[C@H](CCC)NC(=O)CNC(=O)[C@H](CC1CCCCC1)NC(=O)[C@@H](NC(=O)[C@H](CC(N)=O)NC(=O)[C@H](CCC(=O)O)NC(=O)[C@@H](Cc1ccc(O)cc1)NC(C)=O)[C@@H](C)O)C(N)=O. The van der Waals surface area contributed by atoms with Gasteiger partial charge < -0.3 is 91.0 Å². The quantitative estimate of drug-likeness (QED) is 0.0183. The Kier molecular flexibility index (Phi) is 32.2. The maximum Gasteiger partial charge on any atom is 0.303 e. The van der Waals surface area contributed by atoms with Gasteiger partial charge in [0, 0.05) is 52.5 Å². The van der Waals surface area contributed by atoms with E-state index in [0.717, 1.165) is 33.1 Å². The number of aliphatic hydroxyl groups excluding tert-OH is 1. The number of carbonyl (C=O) groups excluding carboxylic acids is 11. The topological polar surface area (TPSA) is 488 Å². The molecule has 1 aliphatic heterocycles. The third-order valence-corrected chi connectivity index (χ3v) is 14.4. The number of aliphatic imine (C=N–C) groups is 1. The van der Waals surface area contributed by atoms with Gasteiger partial charge in [0.1, 0.15) is 54.1 Å². The van der Waals surface area contributed by atoms with Gasteiger partial charge in [0.05, 0.1) is 19.1 Å². The van der Waals surface area contributed by atoms with Crippen LogP contribution in [0.5, 0.6) is 5.75 Å². The summed E-state index contributed by atoms with van der Waals surface area (Å²) in [5, 5.41) is 58.4. The van der Waals surface area contributed by atoms with Gasteiger partial charge in [0.2, 0.25) is 65.0 Å². The maximum atomic E-state index is 14.1. The molecule has 30 nitrogen and oxygen atoms in total. The van der Waals surface area contributed by atoms with E-state index in [2.05, 4.69) is 70.1 Å². The number of aliphatic carboxylic acids is 1. The fraction of sp³-hybridized carbons (Fsp3) is 0.542. The van der Waals surface area contributed by atoms with Crippen molar-refractivity contribution in [3.8, 4) is 5.75 Å². The molecule has 1 aliphatic carbocycles. The van der Waals surface area contributed by atoms with Gasteiger partial charge in [0.25, 0.3) is 0 Å². The van der Waals surface area contributed by atoms with E-state index in [1.165, 1.54) is 31.3 Å². The molecule has 20 N–H and O–H groups in total. The maximum absolute atomic E-state index is 14.1. The number of primary amides is 2. The summed E-state index contributed by atoms with van der Waals surface area (Å²) in [4.78, 5) is 164. The molecule has 0 radical (unpaired) electrons. The van der Waals surface area contributed by atoms with E-state index in [9.17, 15) is 72.9 Å². The second-order valence-electron chi connectivity index (χ2n) is 21.8. The van der Waals surface area contributed by atoms with Crippen molar-refractivity contribution in [1.82, 2.24) is 58.5 Å². The Bertz CT molecular complexity index is 2780. The second kappa shape index (κ2) is 38.7. The zero-order valence-corrected chi connectivity index (χ0v) is 50.8. The van der Waals surface area contributed by atoms with Crippen LogP contribution in [0.4, 0.5) is 0 Å². The van der Waals surface area contributed by atoms with E-state index >= 15 is 0 Å². The highest BCUT2D eigenvalue weighted by molar-refractivity contribution is 5.99. The van der Waals surface area contributed by atoms with Crippen LogP contribution >= 0.6 is 0 Å². The predicted octanol–water partition coefficient (Wildman–Crippen LogP) is -2.81. The first-order chi connectivity index (χ1) is 42.2. The van der Waals surface area contributed by atoms with Crippen molar-refractivity contribution >= 4 is 76.9 Å². The van der Waals surface area contributed by atoms with Crippen LogP contribution in [-0.4, -0.2) is 173 Å². The molecule has 1 saturated carbocycles. The lowest BCUT2D eigenvalue weighted by molar-refractivity contribution is -0.139. The second-order valence-corrected chi connectivity index (χ2v) is 21.8. The minimum Gasteiger partial charge on any atom is -0.508 e. The highest BCUT2D eigenvalue weighted by Gasteiger charge is 2.37. The van der Waals surface area contributed by atoms with Gasteiger partial charge >= 0.3 is 5.97 Å². The summed E-state index contributed by atoms with van der Waals surface area (Å²) in [6, 6.07) is -6.28. The number of carboxylic acid groups (broad SMARTS) is 1. The van der Waals surface area contributed by atoms with Gasteiger partial charge in [-0.3, -0.25) is 62.5 Å². The Morgan fingerprint density at radius 3 is 1.85 bits per heavy atom. The van der Waals surface area contributed by atoms with Gasteiger partial charge in [-0.1, -0.05) is 88.5 Å². The molecule has 1 heterocycles. The van der Waals surface area contributed by atoms with E-state index in [1.54, 1.807) is 25.3 Å². The number of nitrogens with zero attached hydrogens (tertiary/aromatic N) is 1. The Morgan fingerprint density at radius 2 is 1.27 bits per heavy atom. The summed E-state index contributed by atoms with van der Waals surface area (Å²) in [5.41, 5.74) is 18.6. The molecule has 9 atom stereocenters. The predicted molar refractivity (Wildman–Crippen MR) is 327 cm³/mol. The zero-order chi connectivity index (χ0) is 66.2. The summed E-state index contributed by atoms with van der Waals surface area (Å²) in [5.74, 6) is -11.7. The van der Waals surface area contributed by atoms with Crippen molar-refractivity contribution < 1.29 is 72.9 Å². The first kappa shape index (κ1) is 73.9. The number of phenolic OH excluding ortho intramolecular Hbond substituents is 1. The number of hydrogen-bond acceptors (Lipinski definition) is 16. The number of amides is 11. The highest BCUT2D eigenvalue weighted by Crippen LogP contribution is 2.28. The molecule has 89 heavy (non-hydrogen) atoms. The average molecular weight is 1250 g/mol. The summed E-state index contributed by atoms with van der Waals surface area (Å²) in [6.45, 7) is 8.06. The van der Waals surface area contributed by atoms with Crippen LogP contribution in [0.2, 0.25) is 0 Å². The Morgan fingerprint density at radius 1 is 0.685 bits per heavy atom. The first-order valence-corrected chi connectivity index (χ1v) is 29.5. The van der Waals surface area contributed by atoms with Crippen molar-refractivity contribution in [3.05, 3.63) is 78.1 Å². The minimum atomic E-state index is -1.90. The summed E-state index contributed by atoms with van der Waals surface area (Å²) < 4.78 is 0. The molecule has 1 aromatic rings. The largest absolute Gasteiger partial charge is 0.508 e. The fourth-order valence-corrected chi connectivity index (χ4v) is 9.63. The molecule has 0 unspecified atom stereocenters. The standard InChI is InChI=1S/C59H89N15O15/c1-6-14-40(53(84)69-41(18-13-26-65-59(62)63-5)54(85)71-43(51(61)82)29-38-31-64-25-12-8-9-15-33(38)2)68-48(79)32-66-52(83)44(27-36-16-10-7-11-17-36)73-58(89)50(34(3)75)74-57(88)46(30-47(60)78)72-55(86)42(23-24-49(80)81)70-56(87)45(67-35(4)76)28-37-19-21-39(77)22-20-37/h8-9,12,15,19-22,31,34,36,40-46,50,64,75,77H,2,6-7,10-11,13-14,16-18,23-30,32H2,1,3-5H3,(H2,60,78)(H2,61,82)(H,66,83)(H,67,76)(H,68,79)(H,69,84)(H,70,87)(H,71,85)(H,72,86)(H,73,89)(H,74,88)(H,80,81)(H3,62,63,65)/b12-8-,15-9-,38-31?/t34-,40+,41+,42+,43+,44+,45-,46+,50+/m1/s1. The fourth-order valence-electron chi connectivity index (χ4n) is 9.63. The van der Waals surface area contributed by atoms with Gasteiger partial charge in [-0.15, -0.1) is 0 Å². The van der Waals surface area contributed by atoms with E-state index in [-0.39, 0.29) is 62.7 Å². The van der Waals surface area contributed by atoms with Crippen molar-refractivity contribution in [1.29, 1.82) is 0 Å². The smallest absolute Gasteiger partial charge is 0.303 e. The Balaban J connectivity index is 1.81. The van der Waals surface area contributed by atoms with E-state index in [0.29, 0.717) is 42.5 Å². The van der Waals surface area contributed by atoms with Crippen LogP contribution < -0.4 is 75.7 Å². The molecule has 2 aliphatic rings. The number of rotatable bonds is 36. The van der Waals surface area contributed by atoms with Gasteiger partial charge in [-0.05, 0) is 73.8 Å². The van der Waals surface area contributed by atoms with Crippen molar-refractivity contribution in [2.24, 2.45) is 28.1 Å². The Hall–Kier alpha value is -9.35. The number of carboxylic acids is 1. The number of carbonyl (C=O) groups is 12. The van der Waals surface area contributed by atoms with Gasteiger partial charge in [-0.25, -0.2) is 0 Å². The molecule has 1 fully saturated rings. The number of nitrogens with one attached hydrogen (secondary N) is 11. The van der Waals surface area contributed by atoms with Crippen molar-refractivity contribution in [2.45, 2.75) is 172 Å². The molecule has 3 rings (SSSR count). The lowest BCUT2D eigenvalue weighted by atomic mass is 9.84. The number of hydrogen-bond donors (Lipinski definition) is 17. The van der Waals surface area contributed by atoms with E-state index < -0.39 is 151 Å². The molecular weight excluding hydrogens is 1160 g/mol. The highest BCUT2D eigenvalue weighted by atomic mass is 16.4. The summed E-state index contributed by atoms with van der Waals surface area (Å²) >= 11 is 0. The lowest BCUT2D eigenvalue weighted by Crippen LogP contribution is -2.61. The van der Waals surface area contributed by atoms with E-state index in [4.69, 9.17) is 17.2 Å². The van der Waals surface area contributed by atoms with Crippen LogP contribution in [0.25, 0.3) is 0 Å². The van der Waals surface area contributed by atoms with Crippen LogP contribution in [0.15, 0.2) is 77.5 Å². The number of allylic oxidation sites excluding steroid dienone is 4. The average Bonchev–Trinajstić information content (AvgIpc) is 3.28. The van der Waals surface area contributed by atoms with Crippen molar-refractivity contribution in [2.75, 3.05) is 26.7 Å². The zero-order valence-electron chi connectivity index (χ0n) is 50.8. The van der Waals surface area contributed by atoms with Crippen LogP contribution in [0.3, 0.4) is 0 Å². The number of benzene rings is 1. The van der Waals surface area contributed by atoms with Crippen LogP contribution in [0.1, 0.15) is 116 Å². The molecule has 0 bridgehead atoms. The van der Waals surface area contributed by atoms with Gasteiger partial charge in [-0.2, -0.15) is 0 Å². The van der Waals surface area contributed by atoms with E-state index in [1.807, 2.05) is 12.2 Å². The number of aliphatic hydroxyl groups is 1. The molecule has 11 amide bonds. The molecule has 0 aromatic heterocycles. The number of phenols is 1. The normalized spacial score (nSPS) is 17.2. The third kappa shape index (κ3) is 27.9. The lowest BCUT2D eigenvalue weighted by Gasteiger charge is -2.29. The number of aromatic hydroxyl groups is 1. The third-order valence-electron chi connectivity index (χ3n) is 14.4. The molecule has 0 saturated heterocycles. The van der Waals surface area contributed by atoms with Crippen LogP contribution in [-0.2, 0) is 64.0 Å². The molecule has 490 valence electrons. The van der Waals surface area contributed by atoms with Crippen molar-refractivity contribution in [3.63, 3.8) is 0 Å². The minimum absolute atomic E-state index is 0.0194.